The average molecular weight is 483 g/mol. The van der Waals surface area contributed by atoms with Gasteiger partial charge in [0.1, 0.15) is 0 Å². The smallest absolute Gasteiger partial charge is 0.305 e. The van der Waals surface area contributed by atoms with Crippen molar-refractivity contribution < 1.29 is 32.7 Å². The molecule has 33 heavy (non-hydrogen) atoms. The summed E-state index contributed by atoms with van der Waals surface area (Å²) in [5.41, 5.74) is 1.12. The van der Waals surface area contributed by atoms with Crippen LogP contribution in [0.4, 0.5) is 0 Å². The number of hydrogen-bond acceptors (Lipinski definition) is 7. The summed E-state index contributed by atoms with van der Waals surface area (Å²) >= 11 is 0. The van der Waals surface area contributed by atoms with Gasteiger partial charge in [-0.2, -0.15) is 0 Å². The van der Waals surface area contributed by atoms with E-state index in [0.29, 0.717) is 11.1 Å². The second-order valence-electron chi connectivity index (χ2n) is 10.6. The predicted molar refractivity (Wildman–Crippen MR) is 124 cm³/mol. The summed E-state index contributed by atoms with van der Waals surface area (Å²) in [6, 6.07) is 13.3. The zero-order chi connectivity index (χ0) is 24.0. The van der Waals surface area contributed by atoms with E-state index < -0.39 is 51.3 Å². The second kappa shape index (κ2) is 6.65. The van der Waals surface area contributed by atoms with Gasteiger partial charge in [-0.3, -0.25) is 23.9 Å². The fraction of sp³-hybridized carbons (Fsp3) is 0.375. The van der Waals surface area contributed by atoms with Gasteiger partial charge < -0.3 is 8.85 Å². The molecule has 1 fully saturated rings. The van der Waals surface area contributed by atoms with Crippen molar-refractivity contribution in [1.29, 1.82) is 0 Å². The minimum absolute atomic E-state index is 0.189. The van der Waals surface area contributed by atoms with Crippen LogP contribution in [0.15, 0.2) is 48.5 Å². The number of ether oxygens (including phenoxy) is 2. The van der Waals surface area contributed by atoms with Gasteiger partial charge in [0.25, 0.3) is 11.6 Å². The van der Waals surface area contributed by atoms with Crippen LogP contribution in [0.2, 0.25) is 39.3 Å². The van der Waals surface area contributed by atoms with Gasteiger partial charge in [-0.05, 0) is 39.3 Å². The number of ketones is 3. The van der Waals surface area contributed by atoms with Crippen LogP contribution in [0, 0.1) is 0 Å². The summed E-state index contributed by atoms with van der Waals surface area (Å²) in [5.74, 6) is -8.17. The summed E-state index contributed by atoms with van der Waals surface area (Å²) in [6.07, 6.45) is 0. The SMILES string of the molecule is C[Si](C)(C)OC12OC3(OC1(O[Si](C)(C)C)c1ccccc1C2=O)C(=O)c1ccccc1C3=O. The van der Waals surface area contributed by atoms with Gasteiger partial charge in [-0.15, -0.1) is 0 Å². The van der Waals surface area contributed by atoms with Crippen molar-refractivity contribution in [1.82, 2.24) is 0 Å². The quantitative estimate of drug-likeness (QED) is 0.475. The maximum atomic E-state index is 14.0. The monoisotopic (exact) mass is 482 g/mol. The van der Waals surface area contributed by atoms with Crippen molar-refractivity contribution >= 4 is 34.0 Å². The van der Waals surface area contributed by atoms with E-state index in [-0.39, 0.29) is 11.1 Å². The molecule has 7 nitrogen and oxygen atoms in total. The number of carbonyl (C=O) groups excluding carboxylic acids is 3. The molecule has 1 saturated heterocycles. The average Bonchev–Trinajstić information content (AvgIpc) is 3.18. The largest absolute Gasteiger partial charge is 0.383 e. The van der Waals surface area contributed by atoms with Crippen molar-refractivity contribution in [2.45, 2.75) is 56.6 Å². The molecule has 9 heteroatoms. The molecule has 2 atom stereocenters. The molecule has 0 saturated carbocycles. The zero-order valence-corrected chi connectivity index (χ0v) is 21.5. The molecule has 1 aliphatic heterocycles. The van der Waals surface area contributed by atoms with Gasteiger partial charge in [0.2, 0.25) is 17.3 Å². The Hall–Kier alpha value is -2.28. The van der Waals surface area contributed by atoms with E-state index in [4.69, 9.17) is 18.3 Å². The standard InChI is InChI=1S/C24H26O7Si2/c1-32(2,3)30-23-18-14-10-9-13-17(18)21(27)24(23,31-33(4,5)6)29-22(28-23)19(25)15-11-7-8-12-16(15)20(22)26/h7-14H,1-6H3. The van der Waals surface area contributed by atoms with Gasteiger partial charge in [-0.25, -0.2) is 0 Å². The molecule has 5 rings (SSSR count). The summed E-state index contributed by atoms with van der Waals surface area (Å²) in [4.78, 5) is 41.3. The highest BCUT2D eigenvalue weighted by molar-refractivity contribution is 6.70. The lowest BCUT2D eigenvalue weighted by atomic mass is 10.1. The third kappa shape index (κ3) is 2.90. The van der Waals surface area contributed by atoms with Crippen LogP contribution >= 0.6 is 0 Å². The lowest BCUT2D eigenvalue weighted by Crippen LogP contribution is -2.60. The normalized spacial score (nSPS) is 27.8. The number of fused-ring (bicyclic) bond motifs is 4. The number of hydrogen-bond donors (Lipinski definition) is 0. The van der Waals surface area contributed by atoms with Crippen LogP contribution in [0.5, 0.6) is 0 Å². The molecule has 0 radical (unpaired) electrons. The maximum absolute atomic E-state index is 14.0. The molecule has 2 unspecified atom stereocenters. The molecule has 2 aromatic rings. The number of Topliss-reactive ketones (excluding diaryl/α,β-unsaturated/α-hetero) is 3. The highest BCUT2D eigenvalue weighted by atomic mass is 28.4. The number of benzene rings is 2. The predicted octanol–water partition coefficient (Wildman–Crippen LogP) is 4.26. The molecule has 0 amide bonds. The van der Waals surface area contributed by atoms with Gasteiger partial charge in [0.15, 0.2) is 16.6 Å². The zero-order valence-electron chi connectivity index (χ0n) is 19.5. The molecule has 3 aliphatic rings. The van der Waals surface area contributed by atoms with Crippen LogP contribution in [0.3, 0.4) is 0 Å². The molecule has 0 aromatic heterocycles. The maximum Gasteiger partial charge on any atom is 0.305 e. The number of rotatable bonds is 4. The molecular weight excluding hydrogens is 456 g/mol. The van der Waals surface area contributed by atoms with Crippen LogP contribution in [0.25, 0.3) is 0 Å². The van der Waals surface area contributed by atoms with Gasteiger partial charge in [0.05, 0.1) is 0 Å². The molecule has 1 heterocycles. The minimum Gasteiger partial charge on any atom is -0.383 e. The molecule has 172 valence electrons. The Kier molecular flexibility index (Phi) is 4.54. The van der Waals surface area contributed by atoms with E-state index in [1.54, 1.807) is 48.5 Å². The summed E-state index contributed by atoms with van der Waals surface area (Å²) in [7, 11) is -5.00. The molecule has 2 aromatic carbocycles. The minimum atomic E-state index is -2.53. The second-order valence-corrected chi connectivity index (χ2v) is 19.4. The highest BCUT2D eigenvalue weighted by Crippen LogP contribution is 2.62. The molecular formula is C24H26O7Si2. The van der Waals surface area contributed by atoms with E-state index >= 15 is 0 Å². The first kappa shape index (κ1) is 22.5. The lowest BCUT2D eigenvalue weighted by Gasteiger charge is -2.42. The third-order valence-electron chi connectivity index (χ3n) is 5.75. The van der Waals surface area contributed by atoms with Crippen LogP contribution in [0.1, 0.15) is 36.6 Å². The fourth-order valence-electron chi connectivity index (χ4n) is 4.80. The van der Waals surface area contributed by atoms with Crippen LogP contribution in [-0.4, -0.2) is 45.6 Å². The van der Waals surface area contributed by atoms with Crippen molar-refractivity contribution in [3.63, 3.8) is 0 Å². The van der Waals surface area contributed by atoms with Crippen LogP contribution < -0.4 is 0 Å². The Morgan fingerprint density at radius 3 is 1.55 bits per heavy atom. The topological polar surface area (TPSA) is 88.1 Å². The van der Waals surface area contributed by atoms with Gasteiger partial charge >= 0.3 is 5.79 Å². The Morgan fingerprint density at radius 1 is 0.606 bits per heavy atom. The first-order valence-corrected chi connectivity index (χ1v) is 17.7. The number of carbonyl (C=O) groups is 3. The van der Waals surface area contributed by atoms with Crippen molar-refractivity contribution in [2.75, 3.05) is 0 Å². The molecule has 1 spiro atoms. The third-order valence-corrected chi connectivity index (χ3v) is 7.55. The van der Waals surface area contributed by atoms with Crippen molar-refractivity contribution in [3.05, 3.63) is 70.8 Å². The van der Waals surface area contributed by atoms with E-state index in [1.807, 2.05) is 39.3 Å². The molecule has 0 bridgehead atoms. The van der Waals surface area contributed by atoms with E-state index in [9.17, 15) is 14.4 Å². The van der Waals surface area contributed by atoms with E-state index in [1.165, 1.54) is 0 Å². The van der Waals surface area contributed by atoms with Gasteiger partial charge in [0, 0.05) is 22.3 Å². The van der Waals surface area contributed by atoms with E-state index in [0.717, 1.165) is 0 Å². The van der Waals surface area contributed by atoms with Crippen molar-refractivity contribution in [3.8, 4) is 0 Å². The summed E-state index contributed by atoms with van der Waals surface area (Å²) < 4.78 is 25.8. The Morgan fingerprint density at radius 2 is 1.03 bits per heavy atom. The summed E-state index contributed by atoms with van der Waals surface area (Å²) in [5, 5.41) is 0. The Bertz CT molecular complexity index is 1190. The first-order valence-electron chi connectivity index (χ1n) is 10.9. The van der Waals surface area contributed by atoms with Crippen LogP contribution in [-0.2, 0) is 24.1 Å². The highest BCUT2D eigenvalue weighted by Gasteiger charge is 2.82. The Balaban J connectivity index is 1.81. The van der Waals surface area contributed by atoms with E-state index in [2.05, 4.69) is 0 Å². The summed E-state index contributed by atoms with van der Waals surface area (Å²) in [6.45, 7) is 11.5. The first-order chi connectivity index (χ1) is 15.3. The van der Waals surface area contributed by atoms with Crippen molar-refractivity contribution in [2.24, 2.45) is 0 Å². The fourth-order valence-corrected chi connectivity index (χ4v) is 7.07. The Labute approximate surface area is 194 Å². The lowest BCUT2D eigenvalue weighted by molar-refractivity contribution is -0.248. The molecule has 2 aliphatic carbocycles. The van der Waals surface area contributed by atoms with Gasteiger partial charge in [-0.1, -0.05) is 48.5 Å². The molecule has 0 N–H and O–H groups in total.